The van der Waals surface area contributed by atoms with Crippen molar-refractivity contribution in [2.24, 2.45) is 5.92 Å². The van der Waals surface area contributed by atoms with Crippen molar-refractivity contribution in [3.8, 4) is 0 Å². The van der Waals surface area contributed by atoms with E-state index in [4.69, 9.17) is 0 Å². The summed E-state index contributed by atoms with van der Waals surface area (Å²) < 4.78 is 26.0. The van der Waals surface area contributed by atoms with Crippen LogP contribution < -0.4 is 5.32 Å². The molecule has 2 rings (SSSR count). The molecule has 3 heteroatoms. The van der Waals surface area contributed by atoms with Crippen molar-refractivity contribution in [2.45, 2.75) is 64.5 Å². The molecule has 1 aromatic rings. The van der Waals surface area contributed by atoms with Crippen LogP contribution in [0.3, 0.4) is 0 Å². The summed E-state index contributed by atoms with van der Waals surface area (Å²) in [5, 5.41) is 3.50. The van der Waals surface area contributed by atoms with Crippen LogP contribution in [0.4, 0.5) is 8.78 Å². The third kappa shape index (κ3) is 4.55. The monoisotopic (exact) mass is 281 g/mol. The number of hydrogen-bond acceptors (Lipinski definition) is 1. The maximum absolute atomic E-state index is 13.1. The number of rotatable bonds is 5. The molecule has 1 fully saturated rings. The standard InChI is InChI=1S/C17H25F2N/c1-2-4-13-5-3-6-15(9-7-13)20-12-14-8-10-16(18)17(19)11-14/h8,10-11,13,15,20H,2-7,9,12H2,1H3. The molecule has 0 bridgehead atoms. The van der Waals surface area contributed by atoms with Crippen molar-refractivity contribution in [2.75, 3.05) is 0 Å². The first-order chi connectivity index (χ1) is 9.69. The normalized spacial score (nSPS) is 23.6. The Hall–Kier alpha value is -0.960. The molecule has 1 saturated carbocycles. The molecule has 2 atom stereocenters. The van der Waals surface area contributed by atoms with E-state index in [1.54, 1.807) is 6.07 Å². The van der Waals surface area contributed by atoms with E-state index in [2.05, 4.69) is 12.2 Å². The third-order valence-corrected chi connectivity index (χ3v) is 4.36. The maximum Gasteiger partial charge on any atom is 0.159 e. The minimum atomic E-state index is -0.773. The van der Waals surface area contributed by atoms with Crippen molar-refractivity contribution < 1.29 is 8.78 Å². The zero-order valence-corrected chi connectivity index (χ0v) is 12.3. The predicted octanol–water partition coefficient (Wildman–Crippen LogP) is 4.80. The van der Waals surface area contributed by atoms with E-state index in [0.717, 1.165) is 11.5 Å². The lowest BCUT2D eigenvalue weighted by molar-refractivity contribution is 0.409. The molecule has 1 aliphatic carbocycles. The van der Waals surface area contributed by atoms with E-state index in [1.165, 1.54) is 57.1 Å². The Balaban J connectivity index is 1.80. The predicted molar refractivity (Wildman–Crippen MR) is 78.5 cm³/mol. The van der Waals surface area contributed by atoms with Crippen molar-refractivity contribution in [1.82, 2.24) is 5.32 Å². The minimum Gasteiger partial charge on any atom is -0.310 e. The van der Waals surface area contributed by atoms with Gasteiger partial charge in [0, 0.05) is 12.6 Å². The van der Waals surface area contributed by atoms with Crippen LogP contribution in [0, 0.1) is 17.6 Å². The van der Waals surface area contributed by atoms with Gasteiger partial charge in [-0.3, -0.25) is 0 Å². The molecule has 0 spiro atoms. The topological polar surface area (TPSA) is 12.0 Å². The van der Waals surface area contributed by atoms with Gasteiger partial charge in [0.25, 0.3) is 0 Å². The van der Waals surface area contributed by atoms with Crippen LogP contribution in [0.1, 0.15) is 57.4 Å². The second-order valence-electron chi connectivity index (χ2n) is 5.99. The van der Waals surface area contributed by atoms with Crippen LogP contribution in [-0.4, -0.2) is 6.04 Å². The lowest BCUT2D eigenvalue weighted by atomic mass is 9.95. The van der Waals surface area contributed by atoms with Gasteiger partial charge in [-0.05, 0) is 42.9 Å². The first kappa shape index (κ1) is 15.4. The molecule has 1 N–H and O–H groups in total. The molecule has 20 heavy (non-hydrogen) atoms. The Kier molecular flexibility index (Phi) is 5.96. The van der Waals surface area contributed by atoms with Gasteiger partial charge in [-0.15, -0.1) is 0 Å². The van der Waals surface area contributed by atoms with E-state index >= 15 is 0 Å². The summed E-state index contributed by atoms with van der Waals surface area (Å²) in [6.07, 6.45) is 8.94. The molecule has 0 aromatic heterocycles. The molecule has 1 aliphatic rings. The van der Waals surface area contributed by atoms with E-state index in [1.807, 2.05) is 0 Å². The highest BCUT2D eigenvalue weighted by Gasteiger charge is 2.18. The largest absolute Gasteiger partial charge is 0.310 e. The summed E-state index contributed by atoms with van der Waals surface area (Å²) in [5.41, 5.74) is 0.818. The molecule has 0 saturated heterocycles. The van der Waals surface area contributed by atoms with Gasteiger partial charge < -0.3 is 5.32 Å². The van der Waals surface area contributed by atoms with Crippen LogP contribution in [-0.2, 0) is 6.54 Å². The molecule has 0 heterocycles. The molecule has 0 aliphatic heterocycles. The Morgan fingerprint density at radius 1 is 1.10 bits per heavy atom. The number of halogens is 2. The zero-order chi connectivity index (χ0) is 14.4. The van der Waals surface area contributed by atoms with Crippen LogP contribution >= 0.6 is 0 Å². The van der Waals surface area contributed by atoms with Gasteiger partial charge in [0.05, 0.1) is 0 Å². The highest BCUT2D eigenvalue weighted by atomic mass is 19.2. The molecule has 0 amide bonds. The molecule has 0 radical (unpaired) electrons. The van der Waals surface area contributed by atoms with Crippen molar-refractivity contribution in [1.29, 1.82) is 0 Å². The second kappa shape index (κ2) is 7.72. The molecular formula is C17H25F2N. The van der Waals surface area contributed by atoms with Gasteiger partial charge in [0.1, 0.15) is 0 Å². The summed E-state index contributed by atoms with van der Waals surface area (Å²) in [4.78, 5) is 0. The van der Waals surface area contributed by atoms with Crippen molar-refractivity contribution in [3.05, 3.63) is 35.4 Å². The van der Waals surface area contributed by atoms with Gasteiger partial charge in [0.15, 0.2) is 11.6 Å². The summed E-state index contributed by atoms with van der Waals surface area (Å²) in [6.45, 7) is 2.88. The van der Waals surface area contributed by atoms with Crippen LogP contribution in [0.2, 0.25) is 0 Å². The van der Waals surface area contributed by atoms with Crippen molar-refractivity contribution in [3.63, 3.8) is 0 Å². The summed E-state index contributed by atoms with van der Waals surface area (Å²) in [5.74, 6) is -0.645. The van der Waals surface area contributed by atoms with Crippen LogP contribution in [0.25, 0.3) is 0 Å². The Labute approximate surface area is 120 Å². The third-order valence-electron chi connectivity index (χ3n) is 4.36. The second-order valence-corrected chi connectivity index (χ2v) is 5.99. The molecule has 1 aromatic carbocycles. The van der Waals surface area contributed by atoms with Crippen LogP contribution in [0.5, 0.6) is 0 Å². The quantitative estimate of drug-likeness (QED) is 0.764. The highest BCUT2D eigenvalue weighted by molar-refractivity contribution is 5.17. The lowest BCUT2D eigenvalue weighted by Crippen LogP contribution is -2.28. The molecule has 112 valence electrons. The number of benzene rings is 1. The molecule has 1 nitrogen and oxygen atoms in total. The average molecular weight is 281 g/mol. The first-order valence-corrected chi connectivity index (χ1v) is 7.86. The fraction of sp³-hybridized carbons (Fsp3) is 0.647. The van der Waals surface area contributed by atoms with E-state index in [-0.39, 0.29) is 0 Å². The van der Waals surface area contributed by atoms with E-state index < -0.39 is 11.6 Å². The van der Waals surface area contributed by atoms with E-state index in [9.17, 15) is 8.78 Å². The van der Waals surface area contributed by atoms with Gasteiger partial charge in [-0.25, -0.2) is 8.78 Å². The first-order valence-electron chi connectivity index (χ1n) is 7.86. The van der Waals surface area contributed by atoms with Gasteiger partial charge in [0.2, 0.25) is 0 Å². The summed E-state index contributed by atoms with van der Waals surface area (Å²) in [6, 6.07) is 4.67. The van der Waals surface area contributed by atoms with Gasteiger partial charge in [-0.2, -0.15) is 0 Å². The average Bonchev–Trinajstić information content (AvgIpc) is 2.66. The number of nitrogens with one attached hydrogen (secondary N) is 1. The van der Waals surface area contributed by atoms with Gasteiger partial charge >= 0.3 is 0 Å². The lowest BCUT2D eigenvalue weighted by Gasteiger charge is -2.17. The molecule has 2 unspecified atom stereocenters. The molecular weight excluding hydrogens is 256 g/mol. The fourth-order valence-electron chi connectivity index (χ4n) is 3.19. The highest BCUT2D eigenvalue weighted by Crippen LogP contribution is 2.26. The SMILES string of the molecule is CCCC1CCCC(NCc2ccc(F)c(F)c2)CC1. The fourth-order valence-corrected chi connectivity index (χ4v) is 3.19. The van der Waals surface area contributed by atoms with Gasteiger partial charge in [-0.1, -0.05) is 38.7 Å². The summed E-state index contributed by atoms with van der Waals surface area (Å²) in [7, 11) is 0. The van der Waals surface area contributed by atoms with Crippen molar-refractivity contribution >= 4 is 0 Å². The maximum atomic E-state index is 13.1. The van der Waals surface area contributed by atoms with E-state index in [0.29, 0.717) is 12.6 Å². The zero-order valence-electron chi connectivity index (χ0n) is 12.3. The smallest absolute Gasteiger partial charge is 0.159 e. The number of hydrogen-bond donors (Lipinski definition) is 1. The Morgan fingerprint density at radius 3 is 2.70 bits per heavy atom. The minimum absolute atomic E-state index is 0.518. The summed E-state index contributed by atoms with van der Waals surface area (Å²) >= 11 is 0. The Morgan fingerprint density at radius 2 is 1.95 bits per heavy atom. The van der Waals surface area contributed by atoms with Crippen LogP contribution in [0.15, 0.2) is 18.2 Å². The Bertz CT molecular complexity index is 419.